The fourth-order valence-electron chi connectivity index (χ4n) is 1.02. The van der Waals surface area contributed by atoms with Crippen molar-refractivity contribution in [1.82, 2.24) is 5.43 Å². The van der Waals surface area contributed by atoms with Crippen LogP contribution in [0.3, 0.4) is 0 Å². The molecule has 0 radical (unpaired) electrons. The highest BCUT2D eigenvalue weighted by atomic mass is 32.2. The second-order valence-electron chi connectivity index (χ2n) is 2.90. The van der Waals surface area contributed by atoms with E-state index >= 15 is 0 Å². The van der Waals surface area contributed by atoms with Gasteiger partial charge in [-0.1, -0.05) is 18.2 Å². The van der Waals surface area contributed by atoms with Crippen LogP contribution in [0.5, 0.6) is 0 Å². The van der Waals surface area contributed by atoms with Crippen molar-refractivity contribution in [3.05, 3.63) is 30.3 Å². The molecule has 3 heteroatoms. The second-order valence-corrected chi connectivity index (χ2v) is 3.99. The lowest BCUT2D eigenvalue weighted by atomic mass is 10.3. The fraction of sp³-hybridized carbons (Fsp3) is 0.273. The van der Waals surface area contributed by atoms with Crippen molar-refractivity contribution in [2.75, 3.05) is 5.75 Å². The van der Waals surface area contributed by atoms with Gasteiger partial charge in [-0.3, -0.25) is 11.3 Å². The Balaban J connectivity index is 2.36. The van der Waals surface area contributed by atoms with Gasteiger partial charge < -0.3 is 0 Å². The van der Waals surface area contributed by atoms with Gasteiger partial charge in [-0.15, -0.1) is 24.1 Å². The monoisotopic (exact) mass is 206 g/mol. The zero-order chi connectivity index (χ0) is 10.2. The Morgan fingerprint density at radius 2 is 2.14 bits per heavy atom. The fourth-order valence-corrected chi connectivity index (χ4v) is 1.98. The van der Waals surface area contributed by atoms with Crippen LogP contribution in [0, 0.1) is 12.3 Å². The van der Waals surface area contributed by atoms with E-state index in [0.717, 1.165) is 5.75 Å². The maximum atomic E-state index is 5.36. The van der Waals surface area contributed by atoms with Gasteiger partial charge in [-0.2, -0.15) is 0 Å². The quantitative estimate of drug-likeness (QED) is 0.333. The molecule has 0 heterocycles. The van der Waals surface area contributed by atoms with Gasteiger partial charge in [-0.25, -0.2) is 0 Å². The number of rotatable bonds is 5. The zero-order valence-corrected chi connectivity index (χ0v) is 8.76. The van der Waals surface area contributed by atoms with Gasteiger partial charge in [0.25, 0.3) is 0 Å². The lowest BCUT2D eigenvalue weighted by molar-refractivity contribution is 0.592. The van der Waals surface area contributed by atoms with Crippen molar-refractivity contribution in [3.8, 4) is 12.3 Å². The third-order valence-corrected chi connectivity index (χ3v) is 2.97. The van der Waals surface area contributed by atoms with Crippen molar-refractivity contribution in [3.63, 3.8) is 0 Å². The highest BCUT2D eigenvalue weighted by Crippen LogP contribution is 2.18. The molecule has 1 aromatic carbocycles. The average Bonchev–Trinajstić information content (AvgIpc) is 2.25. The molecule has 0 aliphatic carbocycles. The molecule has 14 heavy (non-hydrogen) atoms. The predicted octanol–water partition coefficient (Wildman–Crippen LogP) is 1.63. The van der Waals surface area contributed by atoms with Gasteiger partial charge in [0.05, 0.1) is 0 Å². The van der Waals surface area contributed by atoms with E-state index in [1.54, 1.807) is 11.8 Å². The molecule has 0 bridgehead atoms. The standard InChI is InChI=1S/C11H14N2S/c1-2-6-10(13-12)9-14-11-7-4-3-5-8-11/h1,3-5,7-8,10,13H,6,9,12H2. The van der Waals surface area contributed by atoms with Crippen LogP contribution in [0.15, 0.2) is 35.2 Å². The first kappa shape index (κ1) is 11.1. The highest BCUT2D eigenvalue weighted by Gasteiger charge is 2.04. The Bertz CT molecular complexity index is 292. The molecule has 0 fully saturated rings. The highest BCUT2D eigenvalue weighted by molar-refractivity contribution is 7.99. The first-order valence-electron chi connectivity index (χ1n) is 4.44. The summed E-state index contributed by atoms with van der Waals surface area (Å²) in [5, 5.41) is 0. The number of hydrazine groups is 1. The minimum absolute atomic E-state index is 0.185. The van der Waals surface area contributed by atoms with Crippen LogP contribution < -0.4 is 11.3 Å². The zero-order valence-electron chi connectivity index (χ0n) is 7.94. The number of terminal acetylenes is 1. The summed E-state index contributed by atoms with van der Waals surface area (Å²) in [6.07, 6.45) is 5.88. The Kier molecular flexibility index (Phi) is 5.16. The van der Waals surface area contributed by atoms with Crippen LogP contribution in [0.4, 0.5) is 0 Å². The molecule has 2 nitrogen and oxygen atoms in total. The van der Waals surface area contributed by atoms with Crippen LogP contribution in [-0.4, -0.2) is 11.8 Å². The Morgan fingerprint density at radius 3 is 2.71 bits per heavy atom. The number of hydrogen-bond donors (Lipinski definition) is 2. The second kappa shape index (κ2) is 6.50. The lowest BCUT2D eigenvalue weighted by Gasteiger charge is -2.11. The third kappa shape index (κ3) is 3.84. The van der Waals surface area contributed by atoms with E-state index in [4.69, 9.17) is 12.3 Å². The Morgan fingerprint density at radius 1 is 1.43 bits per heavy atom. The van der Waals surface area contributed by atoms with E-state index in [-0.39, 0.29) is 6.04 Å². The molecule has 0 amide bonds. The molecule has 1 atom stereocenters. The molecule has 1 aromatic rings. The van der Waals surface area contributed by atoms with E-state index in [2.05, 4.69) is 23.5 Å². The van der Waals surface area contributed by atoms with Crippen LogP contribution in [0.1, 0.15) is 6.42 Å². The van der Waals surface area contributed by atoms with E-state index in [0.29, 0.717) is 6.42 Å². The molecule has 0 saturated carbocycles. The first-order chi connectivity index (χ1) is 6.86. The van der Waals surface area contributed by atoms with Crippen molar-refractivity contribution in [2.45, 2.75) is 17.4 Å². The van der Waals surface area contributed by atoms with Crippen LogP contribution >= 0.6 is 11.8 Å². The summed E-state index contributed by atoms with van der Waals surface area (Å²) in [5.74, 6) is 8.86. The maximum Gasteiger partial charge on any atom is 0.0413 e. The van der Waals surface area contributed by atoms with E-state index in [1.807, 2.05) is 18.2 Å². The van der Waals surface area contributed by atoms with E-state index in [1.165, 1.54) is 4.90 Å². The molecule has 1 unspecified atom stereocenters. The van der Waals surface area contributed by atoms with Gasteiger partial charge >= 0.3 is 0 Å². The molecule has 74 valence electrons. The van der Waals surface area contributed by atoms with Gasteiger partial charge in [0, 0.05) is 23.1 Å². The van der Waals surface area contributed by atoms with Crippen molar-refractivity contribution < 1.29 is 0 Å². The topological polar surface area (TPSA) is 38.0 Å². The molecule has 1 rings (SSSR count). The first-order valence-corrected chi connectivity index (χ1v) is 5.43. The van der Waals surface area contributed by atoms with Crippen molar-refractivity contribution in [2.24, 2.45) is 5.84 Å². The molecule has 0 aliphatic rings. The van der Waals surface area contributed by atoms with Crippen molar-refractivity contribution in [1.29, 1.82) is 0 Å². The summed E-state index contributed by atoms with van der Waals surface area (Å²) in [6, 6.07) is 10.4. The molecule has 0 aromatic heterocycles. The normalized spacial score (nSPS) is 12.0. The number of hydrogen-bond acceptors (Lipinski definition) is 3. The minimum atomic E-state index is 0.185. The van der Waals surface area contributed by atoms with Gasteiger partial charge in [-0.05, 0) is 12.1 Å². The minimum Gasteiger partial charge on any atom is -0.271 e. The summed E-state index contributed by atoms with van der Waals surface area (Å²) >= 11 is 1.76. The maximum absolute atomic E-state index is 5.36. The number of benzene rings is 1. The number of thioether (sulfide) groups is 1. The smallest absolute Gasteiger partial charge is 0.0413 e. The lowest BCUT2D eigenvalue weighted by Crippen LogP contribution is -2.36. The molecular weight excluding hydrogens is 192 g/mol. The molecule has 3 N–H and O–H groups in total. The molecule has 0 saturated heterocycles. The summed E-state index contributed by atoms with van der Waals surface area (Å²) in [4.78, 5) is 1.24. The average molecular weight is 206 g/mol. The third-order valence-electron chi connectivity index (χ3n) is 1.79. The van der Waals surface area contributed by atoms with Gasteiger partial charge in [0.15, 0.2) is 0 Å². The predicted molar refractivity (Wildman–Crippen MR) is 61.7 cm³/mol. The number of nitrogens with one attached hydrogen (secondary N) is 1. The summed E-state index contributed by atoms with van der Waals surface area (Å²) in [7, 11) is 0. The molecular formula is C11H14N2S. The summed E-state index contributed by atoms with van der Waals surface area (Å²) < 4.78 is 0. The van der Waals surface area contributed by atoms with Crippen LogP contribution in [0.2, 0.25) is 0 Å². The summed E-state index contributed by atoms with van der Waals surface area (Å²) in [6.45, 7) is 0. The van der Waals surface area contributed by atoms with E-state index in [9.17, 15) is 0 Å². The van der Waals surface area contributed by atoms with E-state index < -0.39 is 0 Å². The van der Waals surface area contributed by atoms with Gasteiger partial charge in [0.1, 0.15) is 0 Å². The SMILES string of the molecule is C#CCC(CSc1ccccc1)NN. The van der Waals surface area contributed by atoms with Gasteiger partial charge in [0.2, 0.25) is 0 Å². The largest absolute Gasteiger partial charge is 0.271 e. The molecule has 0 aliphatic heterocycles. The number of nitrogens with two attached hydrogens (primary N) is 1. The Hall–Kier alpha value is -0.950. The van der Waals surface area contributed by atoms with Crippen LogP contribution in [0.25, 0.3) is 0 Å². The van der Waals surface area contributed by atoms with Crippen LogP contribution in [-0.2, 0) is 0 Å². The summed E-state index contributed by atoms with van der Waals surface area (Å²) in [5.41, 5.74) is 2.71. The Labute approximate surface area is 89.2 Å². The molecule has 0 spiro atoms. The van der Waals surface area contributed by atoms with Crippen molar-refractivity contribution >= 4 is 11.8 Å².